The Morgan fingerprint density at radius 3 is 2.72 bits per heavy atom. The third-order valence-electron chi connectivity index (χ3n) is 4.21. The van der Waals surface area contributed by atoms with Gasteiger partial charge in [-0.2, -0.15) is 0 Å². The molecule has 2 N–H and O–H groups in total. The van der Waals surface area contributed by atoms with E-state index in [2.05, 4.69) is 24.5 Å². The highest BCUT2D eigenvalue weighted by Gasteiger charge is 2.27. The van der Waals surface area contributed by atoms with E-state index >= 15 is 0 Å². The molecule has 0 aromatic rings. The summed E-state index contributed by atoms with van der Waals surface area (Å²) in [7, 11) is 0. The fourth-order valence-corrected chi connectivity index (χ4v) is 2.74. The van der Waals surface area contributed by atoms with Crippen molar-refractivity contribution >= 4 is 0 Å². The minimum absolute atomic E-state index is 0.420. The molecule has 18 heavy (non-hydrogen) atoms. The van der Waals surface area contributed by atoms with Crippen LogP contribution in [0.15, 0.2) is 0 Å². The van der Waals surface area contributed by atoms with Crippen molar-refractivity contribution in [3.63, 3.8) is 0 Å². The second-order valence-corrected chi connectivity index (χ2v) is 6.17. The van der Waals surface area contributed by atoms with E-state index in [1.54, 1.807) is 0 Å². The van der Waals surface area contributed by atoms with Crippen LogP contribution in [0.1, 0.15) is 33.1 Å². The topological polar surface area (TPSA) is 42.5 Å². The van der Waals surface area contributed by atoms with Gasteiger partial charge < -0.3 is 20.1 Å². The minimum Gasteiger partial charge on any atom is -0.381 e. The molecule has 0 bridgehead atoms. The lowest BCUT2D eigenvalue weighted by atomic mass is 9.82. The van der Waals surface area contributed by atoms with Crippen molar-refractivity contribution in [1.82, 2.24) is 10.6 Å². The average Bonchev–Trinajstić information content (AvgIpc) is 2.39. The summed E-state index contributed by atoms with van der Waals surface area (Å²) in [5, 5.41) is 7.20. The summed E-state index contributed by atoms with van der Waals surface area (Å²) < 4.78 is 10.9. The summed E-state index contributed by atoms with van der Waals surface area (Å²) in [5.74, 6) is 0. The van der Waals surface area contributed by atoms with Crippen LogP contribution in [-0.2, 0) is 9.47 Å². The van der Waals surface area contributed by atoms with Crippen molar-refractivity contribution < 1.29 is 9.47 Å². The first-order chi connectivity index (χ1) is 8.68. The third-order valence-corrected chi connectivity index (χ3v) is 4.21. The van der Waals surface area contributed by atoms with Crippen molar-refractivity contribution in [2.75, 3.05) is 39.5 Å². The van der Waals surface area contributed by atoms with Gasteiger partial charge in [0.15, 0.2) is 0 Å². The zero-order valence-electron chi connectivity index (χ0n) is 11.8. The van der Waals surface area contributed by atoms with Crippen LogP contribution in [0.2, 0.25) is 0 Å². The Labute approximate surface area is 111 Å². The van der Waals surface area contributed by atoms with E-state index in [0.717, 1.165) is 45.9 Å². The maximum Gasteiger partial charge on any atom is 0.0620 e. The van der Waals surface area contributed by atoms with Gasteiger partial charge in [-0.3, -0.25) is 0 Å². The van der Waals surface area contributed by atoms with Crippen molar-refractivity contribution in [3.8, 4) is 0 Å². The zero-order valence-corrected chi connectivity index (χ0v) is 11.8. The zero-order chi connectivity index (χ0) is 12.8. The molecular weight excluding hydrogens is 228 g/mol. The second kappa shape index (κ2) is 6.85. The molecule has 2 heterocycles. The number of rotatable bonds is 5. The first-order valence-electron chi connectivity index (χ1n) is 7.30. The highest BCUT2D eigenvalue weighted by Crippen LogP contribution is 2.28. The molecule has 0 aromatic carbocycles. The summed E-state index contributed by atoms with van der Waals surface area (Å²) in [4.78, 5) is 0. The van der Waals surface area contributed by atoms with Gasteiger partial charge in [0.05, 0.1) is 13.2 Å². The molecule has 2 atom stereocenters. The standard InChI is InChI=1S/C14H28N2O2/c1-12(9-13-10-18-8-5-15-13)16-11-14(2)3-6-17-7-4-14/h12-13,15-16H,3-11H2,1-2H3. The predicted molar refractivity (Wildman–Crippen MR) is 72.9 cm³/mol. The Morgan fingerprint density at radius 1 is 1.28 bits per heavy atom. The lowest BCUT2D eigenvalue weighted by molar-refractivity contribution is 0.0221. The Hall–Kier alpha value is -0.160. The molecule has 0 spiro atoms. The van der Waals surface area contributed by atoms with Crippen LogP contribution in [0.25, 0.3) is 0 Å². The molecule has 2 saturated heterocycles. The van der Waals surface area contributed by atoms with Gasteiger partial charge >= 0.3 is 0 Å². The van der Waals surface area contributed by atoms with Gasteiger partial charge in [-0.25, -0.2) is 0 Å². The first-order valence-corrected chi connectivity index (χ1v) is 7.30. The van der Waals surface area contributed by atoms with Crippen LogP contribution in [0, 0.1) is 5.41 Å². The molecule has 2 rings (SSSR count). The SMILES string of the molecule is CC(CC1COCCN1)NCC1(C)CCOCC1. The van der Waals surface area contributed by atoms with E-state index < -0.39 is 0 Å². The van der Waals surface area contributed by atoms with Gasteiger partial charge in [0.25, 0.3) is 0 Å². The molecule has 0 aromatic heterocycles. The molecule has 2 unspecified atom stereocenters. The van der Waals surface area contributed by atoms with Crippen LogP contribution in [0.3, 0.4) is 0 Å². The summed E-state index contributed by atoms with van der Waals surface area (Å²) in [6.07, 6.45) is 3.50. The fourth-order valence-electron chi connectivity index (χ4n) is 2.74. The molecule has 2 aliphatic rings. The van der Waals surface area contributed by atoms with Gasteiger partial charge in [-0.05, 0) is 31.6 Å². The number of ether oxygens (including phenoxy) is 2. The van der Waals surface area contributed by atoms with Gasteiger partial charge in [0.2, 0.25) is 0 Å². The van der Waals surface area contributed by atoms with E-state index in [9.17, 15) is 0 Å². The third kappa shape index (κ3) is 4.50. The van der Waals surface area contributed by atoms with Crippen LogP contribution in [0.5, 0.6) is 0 Å². The summed E-state index contributed by atoms with van der Waals surface area (Å²) in [6.45, 7) is 10.3. The van der Waals surface area contributed by atoms with E-state index in [-0.39, 0.29) is 0 Å². The van der Waals surface area contributed by atoms with Crippen molar-refractivity contribution in [1.29, 1.82) is 0 Å². The fraction of sp³-hybridized carbons (Fsp3) is 1.00. The van der Waals surface area contributed by atoms with Crippen LogP contribution in [-0.4, -0.2) is 51.6 Å². The highest BCUT2D eigenvalue weighted by molar-refractivity contribution is 4.82. The number of morpholine rings is 1. The van der Waals surface area contributed by atoms with E-state index in [0.29, 0.717) is 17.5 Å². The van der Waals surface area contributed by atoms with Gasteiger partial charge in [-0.1, -0.05) is 6.92 Å². The van der Waals surface area contributed by atoms with Gasteiger partial charge in [0, 0.05) is 38.4 Å². The number of hydrogen-bond donors (Lipinski definition) is 2. The summed E-state index contributed by atoms with van der Waals surface area (Å²) >= 11 is 0. The Kier molecular flexibility index (Phi) is 5.42. The second-order valence-electron chi connectivity index (χ2n) is 6.17. The molecule has 2 fully saturated rings. The van der Waals surface area contributed by atoms with E-state index in [1.807, 2.05) is 0 Å². The lowest BCUT2D eigenvalue weighted by Gasteiger charge is -2.35. The predicted octanol–water partition coefficient (Wildman–Crippen LogP) is 1.16. The molecule has 0 aliphatic carbocycles. The maximum atomic E-state index is 5.49. The molecule has 0 saturated carbocycles. The lowest BCUT2D eigenvalue weighted by Crippen LogP contribution is -2.47. The highest BCUT2D eigenvalue weighted by atomic mass is 16.5. The van der Waals surface area contributed by atoms with Crippen LogP contribution >= 0.6 is 0 Å². The molecule has 0 amide bonds. The van der Waals surface area contributed by atoms with E-state index in [1.165, 1.54) is 12.8 Å². The first kappa shape index (κ1) is 14.3. The van der Waals surface area contributed by atoms with E-state index in [4.69, 9.17) is 9.47 Å². The normalized spacial score (nSPS) is 30.0. The largest absolute Gasteiger partial charge is 0.381 e. The quantitative estimate of drug-likeness (QED) is 0.774. The Morgan fingerprint density at radius 2 is 2.06 bits per heavy atom. The van der Waals surface area contributed by atoms with Crippen LogP contribution in [0.4, 0.5) is 0 Å². The average molecular weight is 256 g/mol. The number of hydrogen-bond acceptors (Lipinski definition) is 4. The van der Waals surface area contributed by atoms with Gasteiger partial charge in [0.1, 0.15) is 0 Å². The Bertz CT molecular complexity index is 236. The molecule has 4 heteroatoms. The maximum absolute atomic E-state index is 5.49. The molecule has 2 aliphatic heterocycles. The van der Waals surface area contributed by atoms with Crippen molar-refractivity contribution in [2.24, 2.45) is 5.41 Å². The van der Waals surface area contributed by atoms with Crippen LogP contribution < -0.4 is 10.6 Å². The van der Waals surface area contributed by atoms with Crippen molar-refractivity contribution in [2.45, 2.75) is 45.2 Å². The molecular formula is C14H28N2O2. The minimum atomic E-state index is 0.420. The smallest absolute Gasteiger partial charge is 0.0620 e. The van der Waals surface area contributed by atoms with Crippen molar-refractivity contribution in [3.05, 3.63) is 0 Å². The Balaban J connectivity index is 1.65. The number of nitrogens with one attached hydrogen (secondary N) is 2. The summed E-state index contributed by atoms with van der Waals surface area (Å²) in [6, 6.07) is 1.06. The molecule has 0 radical (unpaired) electrons. The van der Waals surface area contributed by atoms with Gasteiger partial charge in [-0.15, -0.1) is 0 Å². The summed E-state index contributed by atoms with van der Waals surface area (Å²) in [5.41, 5.74) is 0.420. The monoisotopic (exact) mass is 256 g/mol. The molecule has 4 nitrogen and oxygen atoms in total. The molecule has 106 valence electrons.